The lowest BCUT2D eigenvalue weighted by molar-refractivity contribution is 0.0693. The van der Waals surface area contributed by atoms with Crippen molar-refractivity contribution >= 4 is 15.5 Å². The maximum absolute atomic E-state index is 10.9. The predicted octanol–water partition coefficient (Wildman–Crippen LogP) is 2.35. The summed E-state index contributed by atoms with van der Waals surface area (Å²) in [7, 11) is 0.551. The van der Waals surface area contributed by atoms with Crippen LogP contribution in [0.5, 0.6) is 5.75 Å². The van der Waals surface area contributed by atoms with Crippen LogP contribution in [0.2, 0.25) is 0 Å². The molecule has 0 aliphatic carbocycles. The summed E-state index contributed by atoms with van der Waals surface area (Å²) in [6, 6.07) is 6.68. The molecule has 1 rings (SSSR count). The summed E-state index contributed by atoms with van der Waals surface area (Å²) in [5.41, 5.74) is 3.54. The Bertz CT molecular complexity index is 395. The Morgan fingerprint density at radius 3 is 2.75 bits per heavy atom. The Hall–Kier alpha value is -1.55. The number of carbonyl (C=O) groups is 1. The van der Waals surface area contributed by atoms with Crippen molar-refractivity contribution in [3.05, 3.63) is 41.1 Å². The van der Waals surface area contributed by atoms with Crippen LogP contribution in [0.25, 0.3) is 0 Å². The second kappa shape index (κ2) is 6.12. The van der Waals surface area contributed by atoms with E-state index in [9.17, 15) is 4.79 Å². The van der Waals surface area contributed by atoms with Crippen molar-refractivity contribution in [3.63, 3.8) is 0 Å². The number of hydrogen-bond acceptors (Lipinski definition) is 2. The summed E-state index contributed by atoms with van der Waals surface area (Å²) in [4.78, 5) is 10.9. The highest BCUT2D eigenvalue weighted by Crippen LogP contribution is 2.17. The molecule has 0 unspecified atom stereocenters. The zero-order chi connectivity index (χ0) is 12.0. The molecule has 2 radical (unpaired) electrons. The van der Waals surface area contributed by atoms with E-state index < -0.39 is 5.97 Å². The van der Waals surface area contributed by atoms with Crippen molar-refractivity contribution in [1.82, 2.24) is 0 Å². The molecule has 0 amide bonds. The van der Waals surface area contributed by atoms with Gasteiger partial charge in [0.15, 0.2) is 0 Å². The van der Waals surface area contributed by atoms with E-state index in [-0.39, 0.29) is 5.56 Å². The molecule has 3 nitrogen and oxygen atoms in total. The molecule has 16 heavy (non-hydrogen) atoms. The largest absolute Gasteiger partial charge is 0.496 e. The summed E-state index contributed by atoms with van der Waals surface area (Å²) in [6.07, 6.45) is 0.523. The van der Waals surface area contributed by atoms with Crippen molar-refractivity contribution in [1.29, 1.82) is 0 Å². The Morgan fingerprint density at radius 1 is 1.44 bits per heavy atom. The molecule has 1 N–H and O–H groups in total. The topological polar surface area (TPSA) is 46.5 Å². The normalized spacial score (nSPS) is 9.62. The molecule has 0 saturated heterocycles. The number of aromatic carboxylic acids is 1. The van der Waals surface area contributed by atoms with E-state index in [1.54, 1.807) is 24.3 Å². The summed E-state index contributed by atoms with van der Waals surface area (Å²) in [6.45, 7) is 4.05. The molecule has 0 bridgehead atoms. The van der Waals surface area contributed by atoms with Gasteiger partial charge in [0.2, 0.25) is 0 Å². The van der Waals surface area contributed by atoms with E-state index in [1.165, 1.54) is 5.57 Å². The molecule has 0 aliphatic heterocycles. The second-order valence-corrected chi connectivity index (χ2v) is 4.50. The predicted molar refractivity (Wildman–Crippen MR) is 64.1 cm³/mol. The van der Waals surface area contributed by atoms with E-state index >= 15 is 0 Å². The number of ether oxygens (including phenoxy) is 1. The number of allylic oxidation sites excluding steroid dienone is 1. The maximum Gasteiger partial charge on any atom is 0.339 e. The minimum Gasteiger partial charge on any atom is -0.496 e. The van der Waals surface area contributed by atoms with Crippen molar-refractivity contribution in [2.75, 3.05) is 6.23 Å². The molecule has 84 valence electrons. The molecule has 0 fully saturated rings. The van der Waals surface area contributed by atoms with Crippen LogP contribution in [-0.4, -0.2) is 26.8 Å². The van der Waals surface area contributed by atoms with Gasteiger partial charge in [-0.2, -0.15) is 0 Å². The van der Waals surface area contributed by atoms with Crippen LogP contribution < -0.4 is 4.74 Å². The van der Waals surface area contributed by atoms with Crippen LogP contribution in [0.3, 0.4) is 0 Å². The number of hydrogen-bond donors (Lipinski definition) is 1. The molecular weight excluding hydrogens is 220 g/mol. The van der Waals surface area contributed by atoms with Gasteiger partial charge in [-0.3, -0.25) is 0 Å². The van der Waals surface area contributed by atoms with Gasteiger partial charge in [-0.1, -0.05) is 23.4 Å². The Labute approximate surface area is 97.6 Å². The lowest BCUT2D eigenvalue weighted by atomic mass is 10.2. The highest BCUT2D eigenvalue weighted by molar-refractivity contribution is 6.42. The molecule has 4 heteroatoms. The smallest absolute Gasteiger partial charge is 0.339 e. The molecular formula is C12H14O3Si. The van der Waals surface area contributed by atoms with Gasteiger partial charge in [-0.05, 0) is 26.0 Å². The SMILES string of the molecule is CC(C)=C[Si]COc1ccccc1C(=O)O. The summed E-state index contributed by atoms with van der Waals surface area (Å²) < 4.78 is 5.44. The third-order valence-corrected chi connectivity index (χ3v) is 2.91. The monoisotopic (exact) mass is 234 g/mol. The average Bonchev–Trinajstić information content (AvgIpc) is 2.24. The summed E-state index contributed by atoms with van der Waals surface area (Å²) in [5, 5.41) is 8.92. The van der Waals surface area contributed by atoms with Gasteiger partial charge in [0.1, 0.15) is 20.8 Å². The molecule has 0 spiro atoms. The Balaban J connectivity index is 2.60. The lowest BCUT2D eigenvalue weighted by Gasteiger charge is -2.07. The molecule has 1 aromatic rings. The first-order valence-corrected chi connectivity index (χ1v) is 6.21. The zero-order valence-corrected chi connectivity index (χ0v) is 10.4. The van der Waals surface area contributed by atoms with Crippen LogP contribution in [0, 0.1) is 0 Å². The number of benzene rings is 1. The van der Waals surface area contributed by atoms with E-state index in [0.717, 1.165) is 0 Å². The van der Waals surface area contributed by atoms with Crippen LogP contribution in [0.4, 0.5) is 0 Å². The quantitative estimate of drug-likeness (QED) is 0.628. The van der Waals surface area contributed by atoms with Gasteiger partial charge in [0.25, 0.3) is 0 Å². The summed E-state index contributed by atoms with van der Waals surface area (Å²) in [5.74, 6) is -0.522. The first-order valence-electron chi connectivity index (χ1n) is 4.93. The lowest BCUT2D eigenvalue weighted by Crippen LogP contribution is -2.08. The highest BCUT2D eigenvalue weighted by Gasteiger charge is 2.09. The van der Waals surface area contributed by atoms with Crippen molar-refractivity contribution in [2.45, 2.75) is 13.8 Å². The van der Waals surface area contributed by atoms with Crippen LogP contribution >= 0.6 is 0 Å². The van der Waals surface area contributed by atoms with E-state index in [4.69, 9.17) is 9.84 Å². The number of carboxylic acids is 1. The van der Waals surface area contributed by atoms with Crippen molar-refractivity contribution in [2.24, 2.45) is 0 Å². The summed E-state index contributed by atoms with van der Waals surface area (Å²) >= 11 is 0. The molecule has 0 atom stereocenters. The van der Waals surface area contributed by atoms with Gasteiger partial charge in [-0.15, -0.1) is 0 Å². The molecule has 0 heterocycles. The first kappa shape index (κ1) is 12.5. The van der Waals surface area contributed by atoms with Gasteiger partial charge in [0.05, 0.1) is 6.23 Å². The first-order chi connectivity index (χ1) is 7.61. The van der Waals surface area contributed by atoms with Gasteiger partial charge < -0.3 is 9.84 Å². The zero-order valence-electron chi connectivity index (χ0n) is 9.36. The third-order valence-electron chi connectivity index (χ3n) is 1.82. The fourth-order valence-electron chi connectivity index (χ4n) is 1.13. The van der Waals surface area contributed by atoms with Gasteiger partial charge in [0, 0.05) is 0 Å². The van der Waals surface area contributed by atoms with Crippen LogP contribution in [-0.2, 0) is 0 Å². The van der Waals surface area contributed by atoms with E-state index in [2.05, 4.69) is 5.70 Å². The molecule has 0 aliphatic rings. The average molecular weight is 234 g/mol. The maximum atomic E-state index is 10.9. The third kappa shape index (κ3) is 3.90. The van der Waals surface area contributed by atoms with Gasteiger partial charge >= 0.3 is 5.97 Å². The minimum atomic E-state index is -0.957. The molecule has 0 aromatic heterocycles. The second-order valence-electron chi connectivity index (χ2n) is 3.52. The number of para-hydroxylation sites is 1. The number of rotatable bonds is 5. The number of carboxylic acid groups (broad SMARTS) is 1. The van der Waals surface area contributed by atoms with E-state index in [0.29, 0.717) is 21.5 Å². The van der Waals surface area contributed by atoms with Crippen LogP contribution in [0.15, 0.2) is 35.5 Å². The van der Waals surface area contributed by atoms with E-state index in [1.807, 2.05) is 13.8 Å². The Kier molecular flexibility index (Phi) is 4.79. The highest BCUT2D eigenvalue weighted by atomic mass is 28.2. The van der Waals surface area contributed by atoms with Crippen LogP contribution in [0.1, 0.15) is 24.2 Å². The fraction of sp³-hybridized carbons (Fsp3) is 0.250. The standard InChI is InChI=1S/C12H14O3Si/c1-9(2)7-16-8-15-11-6-4-3-5-10(11)12(13)14/h3-7H,8H2,1-2H3,(H,13,14). The molecule has 0 saturated carbocycles. The molecule has 1 aromatic carbocycles. The minimum absolute atomic E-state index is 0.213. The Morgan fingerprint density at radius 2 is 2.12 bits per heavy atom. The van der Waals surface area contributed by atoms with Crippen molar-refractivity contribution < 1.29 is 14.6 Å². The van der Waals surface area contributed by atoms with Gasteiger partial charge in [-0.25, -0.2) is 4.79 Å². The fourth-order valence-corrected chi connectivity index (χ4v) is 1.86. The van der Waals surface area contributed by atoms with Crippen molar-refractivity contribution in [3.8, 4) is 5.75 Å².